The van der Waals surface area contributed by atoms with E-state index in [1.54, 1.807) is 0 Å². The first-order valence-electron chi connectivity index (χ1n) is 3.78. The van der Waals surface area contributed by atoms with Gasteiger partial charge < -0.3 is 10.2 Å². The SMILES string of the molecule is NC1CCc2oc(Br)cc2C1. The third-order valence-electron chi connectivity index (χ3n) is 2.09. The first-order valence-corrected chi connectivity index (χ1v) is 4.57. The van der Waals surface area contributed by atoms with E-state index in [9.17, 15) is 0 Å². The zero-order chi connectivity index (χ0) is 7.84. The predicted molar refractivity (Wildman–Crippen MR) is 46.4 cm³/mol. The lowest BCUT2D eigenvalue weighted by molar-refractivity contribution is 0.443. The molecule has 0 bridgehead atoms. The van der Waals surface area contributed by atoms with Crippen molar-refractivity contribution in [3.63, 3.8) is 0 Å². The van der Waals surface area contributed by atoms with Crippen LogP contribution in [0.1, 0.15) is 17.7 Å². The molecule has 1 unspecified atom stereocenters. The Balaban J connectivity index is 2.34. The van der Waals surface area contributed by atoms with Gasteiger partial charge in [-0.05, 0) is 40.4 Å². The molecule has 0 radical (unpaired) electrons. The van der Waals surface area contributed by atoms with Crippen molar-refractivity contribution in [2.24, 2.45) is 5.73 Å². The third-order valence-corrected chi connectivity index (χ3v) is 2.48. The molecular formula is C8H10BrNO. The van der Waals surface area contributed by atoms with Gasteiger partial charge in [0.2, 0.25) is 0 Å². The van der Waals surface area contributed by atoms with Crippen molar-refractivity contribution < 1.29 is 4.42 Å². The lowest BCUT2D eigenvalue weighted by Gasteiger charge is -2.15. The summed E-state index contributed by atoms with van der Waals surface area (Å²) in [5.41, 5.74) is 7.08. The molecule has 0 saturated heterocycles. The molecule has 1 aromatic rings. The molecule has 2 nitrogen and oxygen atoms in total. The van der Waals surface area contributed by atoms with Crippen LogP contribution in [0, 0.1) is 0 Å². The van der Waals surface area contributed by atoms with Crippen LogP contribution in [-0.2, 0) is 12.8 Å². The molecule has 1 aliphatic rings. The highest BCUT2D eigenvalue weighted by molar-refractivity contribution is 9.10. The largest absolute Gasteiger partial charge is 0.454 e. The maximum absolute atomic E-state index is 5.80. The summed E-state index contributed by atoms with van der Waals surface area (Å²) in [6, 6.07) is 2.35. The standard InChI is InChI=1S/C8H10BrNO/c9-8-4-5-3-6(10)1-2-7(5)11-8/h4,6H,1-3,10H2. The van der Waals surface area contributed by atoms with E-state index in [1.165, 1.54) is 5.56 Å². The minimum atomic E-state index is 0.326. The van der Waals surface area contributed by atoms with E-state index < -0.39 is 0 Å². The lowest BCUT2D eigenvalue weighted by Crippen LogP contribution is -2.26. The van der Waals surface area contributed by atoms with Gasteiger partial charge in [-0.25, -0.2) is 0 Å². The molecule has 0 fully saturated rings. The fourth-order valence-electron chi connectivity index (χ4n) is 1.52. The summed E-state index contributed by atoms with van der Waals surface area (Å²) >= 11 is 3.30. The Kier molecular flexibility index (Phi) is 1.77. The number of aryl methyl sites for hydroxylation is 1. The van der Waals surface area contributed by atoms with Gasteiger partial charge in [-0.2, -0.15) is 0 Å². The quantitative estimate of drug-likeness (QED) is 0.718. The van der Waals surface area contributed by atoms with Crippen LogP contribution < -0.4 is 5.73 Å². The number of nitrogens with two attached hydrogens (primary N) is 1. The zero-order valence-electron chi connectivity index (χ0n) is 6.14. The number of rotatable bonds is 0. The molecule has 0 aromatic carbocycles. The third kappa shape index (κ3) is 1.35. The molecule has 60 valence electrons. The van der Waals surface area contributed by atoms with Gasteiger partial charge in [-0.3, -0.25) is 0 Å². The molecule has 1 aromatic heterocycles. The maximum atomic E-state index is 5.80. The Morgan fingerprint density at radius 2 is 2.45 bits per heavy atom. The summed E-state index contributed by atoms with van der Waals surface area (Å²) in [6.07, 6.45) is 3.00. The summed E-state index contributed by atoms with van der Waals surface area (Å²) in [5.74, 6) is 1.11. The first-order chi connectivity index (χ1) is 5.25. The van der Waals surface area contributed by atoms with Crippen molar-refractivity contribution in [3.8, 4) is 0 Å². The van der Waals surface area contributed by atoms with Crippen LogP contribution in [0.2, 0.25) is 0 Å². The molecule has 2 rings (SSSR count). The fourth-order valence-corrected chi connectivity index (χ4v) is 1.99. The van der Waals surface area contributed by atoms with E-state index in [1.807, 2.05) is 6.07 Å². The van der Waals surface area contributed by atoms with E-state index >= 15 is 0 Å². The number of halogens is 1. The van der Waals surface area contributed by atoms with Crippen molar-refractivity contribution in [2.45, 2.75) is 25.3 Å². The van der Waals surface area contributed by atoms with Crippen LogP contribution in [0.3, 0.4) is 0 Å². The Bertz CT molecular complexity index is 269. The maximum Gasteiger partial charge on any atom is 0.169 e. The number of hydrogen-bond donors (Lipinski definition) is 1. The van der Waals surface area contributed by atoms with Crippen LogP contribution in [0.25, 0.3) is 0 Å². The fraction of sp³-hybridized carbons (Fsp3) is 0.500. The minimum Gasteiger partial charge on any atom is -0.454 e. The normalized spacial score (nSPS) is 23.3. The summed E-state index contributed by atoms with van der Waals surface area (Å²) in [7, 11) is 0. The monoisotopic (exact) mass is 215 g/mol. The van der Waals surface area contributed by atoms with Crippen molar-refractivity contribution in [1.82, 2.24) is 0 Å². The summed E-state index contributed by atoms with van der Waals surface area (Å²) in [4.78, 5) is 0. The van der Waals surface area contributed by atoms with Gasteiger partial charge in [0.25, 0.3) is 0 Å². The van der Waals surface area contributed by atoms with Gasteiger partial charge in [0, 0.05) is 12.5 Å². The van der Waals surface area contributed by atoms with Crippen molar-refractivity contribution in [2.75, 3.05) is 0 Å². The molecule has 11 heavy (non-hydrogen) atoms. The van der Waals surface area contributed by atoms with Crippen LogP contribution in [0.5, 0.6) is 0 Å². The van der Waals surface area contributed by atoms with Gasteiger partial charge in [0.1, 0.15) is 5.76 Å². The highest BCUT2D eigenvalue weighted by Gasteiger charge is 2.18. The van der Waals surface area contributed by atoms with Gasteiger partial charge in [0.15, 0.2) is 4.67 Å². The molecule has 1 atom stereocenters. The Labute approximate surface area is 73.9 Å². The average molecular weight is 216 g/mol. The molecular weight excluding hydrogens is 206 g/mol. The average Bonchev–Trinajstić information content (AvgIpc) is 2.27. The van der Waals surface area contributed by atoms with Crippen LogP contribution in [-0.4, -0.2) is 6.04 Å². The Morgan fingerprint density at radius 1 is 1.64 bits per heavy atom. The van der Waals surface area contributed by atoms with E-state index in [-0.39, 0.29) is 0 Å². The van der Waals surface area contributed by atoms with Gasteiger partial charge in [0.05, 0.1) is 0 Å². The van der Waals surface area contributed by atoms with Crippen LogP contribution in [0.4, 0.5) is 0 Å². The molecule has 0 amide bonds. The highest BCUT2D eigenvalue weighted by Crippen LogP contribution is 2.26. The highest BCUT2D eigenvalue weighted by atomic mass is 79.9. The van der Waals surface area contributed by atoms with E-state index in [4.69, 9.17) is 10.2 Å². The topological polar surface area (TPSA) is 39.2 Å². The molecule has 1 aliphatic carbocycles. The molecule has 0 aliphatic heterocycles. The number of furan rings is 1. The second-order valence-corrected chi connectivity index (χ2v) is 3.78. The van der Waals surface area contributed by atoms with E-state index in [0.717, 1.165) is 29.7 Å². The van der Waals surface area contributed by atoms with Crippen LogP contribution in [0.15, 0.2) is 15.2 Å². The number of hydrogen-bond acceptors (Lipinski definition) is 2. The van der Waals surface area contributed by atoms with Crippen molar-refractivity contribution in [3.05, 3.63) is 22.1 Å². The summed E-state index contributed by atoms with van der Waals surface area (Å²) in [5, 5.41) is 0. The minimum absolute atomic E-state index is 0.326. The smallest absolute Gasteiger partial charge is 0.169 e. The molecule has 0 saturated carbocycles. The van der Waals surface area contributed by atoms with Crippen LogP contribution >= 0.6 is 15.9 Å². The van der Waals surface area contributed by atoms with E-state index in [0.29, 0.717) is 6.04 Å². The molecule has 2 N–H and O–H groups in total. The Morgan fingerprint density at radius 3 is 3.27 bits per heavy atom. The summed E-state index contributed by atoms with van der Waals surface area (Å²) < 4.78 is 6.25. The number of fused-ring (bicyclic) bond motifs is 1. The van der Waals surface area contributed by atoms with Gasteiger partial charge >= 0.3 is 0 Å². The van der Waals surface area contributed by atoms with E-state index in [2.05, 4.69) is 15.9 Å². The van der Waals surface area contributed by atoms with Crippen molar-refractivity contribution in [1.29, 1.82) is 0 Å². The van der Waals surface area contributed by atoms with Gasteiger partial charge in [-0.1, -0.05) is 0 Å². The first kappa shape index (κ1) is 7.37. The molecule has 1 heterocycles. The second kappa shape index (κ2) is 2.64. The van der Waals surface area contributed by atoms with Gasteiger partial charge in [-0.15, -0.1) is 0 Å². The molecule has 3 heteroatoms. The second-order valence-electron chi connectivity index (χ2n) is 3.00. The zero-order valence-corrected chi connectivity index (χ0v) is 7.73. The predicted octanol–water partition coefficient (Wildman–Crippen LogP) is 1.86. The summed E-state index contributed by atoms with van der Waals surface area (Å²) in [6.45, 7) is 0. The molecule has 0 spiro atoms. The Hall–Kier alpha value is -0.280. The lowest BCUT2D eigenvalue weighted by atomic mass is 9.95. The van der Waals surface area contributed by atoms with Crippen molar-refractivity contribution >= 4 is 15.9 Å².